The van der Waals surface area contributed by atoms with Crippen LogP contribution in [0.1, 0.15) is 0 Å². The van der Waals surface area contributed by atoms with Gasteiger partial charge in [0.2, 0.25) is 0 Å². The average Bonchev–Trinajstić information content (AvgIpc) is 1.38. The van der Waals surface area contributed by atoms with Crippen LogP contribution in [0.5, 0.6) is 0 Å². The molecule has 3 heteroatoms. The zero-order chi connectivity index (χ0) is 4.28. The Kier molecular flexibility index (Phi) is 3.41. The number of hydrogen-bond acceptors (Lipinski definition) is 1. The van der Waals surface area contributed by atoms with E-state index in [4.69, 9.17) is 5.73 Å². The van der Waals surface area contributed by atoms with Gasteiger partial charge in [0.1, 0.15) is 7.85 Å². The number of halogens is 1. The van der Waals surface area contributed by atoms with E-state index in [-0.39, 0.29) is 0 Å². The molecular formula is C2H7BIN. The fourth-order valence-electron chi connectivity index (χ4n) is 0. The fourth-order valence-corrected chi connectivity index (χ4v) is 0. The van der Waals surface area contributed by atoms with Gasteiger partial charge in [-0.15, -0.1) is 0 Å². The predicted octanol–water partition coefficient (Wildman–Crippen LogP) is -0.242. The molecule has 0 aliphatic carbocycles. The molecule has 30 valence electrons. The van der Waals surface area contributed by atoms with Gasteiger partial charge in [0.25, 0.3) is 0 Å². The third-order valence-corrected chi connectivity index (χ3v) is 1.27. The number of rotatable bonds is 1. The third-order valence-electron chi connectivity index (χ3n) is 0.390. The first kappa shape index (κ1) is 5.75. The van der Waals surface area contributed by atoms with Gasteiger partial charge in [-0.05, 0) is 0 Å². The van der Waals surface area contributed by atoms with Gasteiger partial charge >= 0.3 is 0 Å². The molecule has 0 rings (SSSR count). The summed E-state index contributed by atoms with van der Waals surface area (Å²) < 4.78 is 0.354. The first-order valence-electron chi connectivity index (χ1n) is 1.67. The largest absolute Gasteiger partial charge is 0.320 e. The Bertz CT molecular complexity index is 23.6. The smallest absolute Gasteiger partial charge is 0.104 e. The summed E-state index contributed by atoms with van der Waals surface area (Å²) in [6.45, 7) is 0. The summed E-state index contributed by atoms with van der Waals surface area (Å²) in [5.74, 6) is 0. The molecule has 0 heterocycles. The molecular weight excluding hydrogens is 176 g/mol. The summed E-state index contributed by atoms with van der Waals surface area (Å²) in [6, 6.07) is 0. The molecule has 5 heavy (non-hydrogen) atoms. The third kappa shape index (κ3) is 4.75. The van der Waals surface area contributed by atoms with E-state index in [0.717, 1.165) is 6.32 Å². The molecule has 2 N–H and O–H groups in total. The van der Waals surface area contributed by atoms with E-state index >= 15 is 0 Å². The maximum Gasteiger partial charge on any atom is 0.104 e. The lowest BCUT2D eigenvalue weighted by Gasteiger charge is -1.89. The van der Waals surface area contributed by atoms with E-state index in [0.29, 0.717) is 4.05 Å². The van der Waals surface area contributed by atoms with Crippen molar-refractivity contribution in [3.63, 3.8) is 0 Å². The second kappa shape index (κ2) is 2.97. The highest BCUT2D eigenvalue weighted by Crippen LogP contribution is 1.91. The molecule has 0 radical (unpaired) electrons. The Balaban J connectivity index is 2.54. The molecule has 0 aromatic rings. The summed E-state index contributed by atoms with van der Waals surface area (Å²) >= 11 is 2.18. The van der Waals surface area contributed by atoms with Crippen LogP contribution >= 0.6 is 22.6 Å². The molecule has 0 aliphatic heterocycles. The van der Waals surface area contributed by atoms with Crippen molar-refractivity contribution in [2.24, 2.45) is 5.73 Å². The Labute approximate surface area is 46.9 Å². The molecule has 1 nitrogen and oxygen atoms in total. The molecule has 0 aromatic heterocycles. The van der Waals surface area contributed by atoms with E-state index in [1.807, 2.05) is 0 Å². The first-order valence-corrected chi connectivity index (χ1v) is 2.91. The highest BCUT2D eigenvalue weighted by Gasteiger charge is 1.82. The van der Waals surface area contributed by atoms with Gasteiger partial charge in [0.15, 0.2) is 0 Å². The lowest BCUT2D eigenvalue weighted by molar-refractivity contribution is 1.09. The second-order valence-electron chi connectivity index (χ2n) is 0.924. The minimum atomic E-state index is 0.354. The molecule has 0 saturated carbocycles. The van der Waals surface area contributed by atoms with Gasteiger partial charge in [-0.1, -0.05) is 28.9 Å². The number of hydrogen-bond donors (Lipinski definition) is 1. The molecule has 0 fully saturated rings. The quantitative estimate of drug-likeness (QED) is 0.258. The zero-order valence-corrected chi connectivity index (χ0v) is 5.40. The van der Waals surface area contributed by atoms with Crippen molar-refractivity contribution in [3.05, 3.63) is 0 Å². The van der Waals surface area contributed by atoms with Gasteiger partial charge < -0.3 is 5.73 Å². The number of nitrogens with two attached hydrogens (primary N) is 1. The maximum absolute atomic E-state index is 5.28. The van der Waals surface area contributed by atoms with Crippen LogP contribution in [0.4, 0.5) is 0 Å². The summed E-state index contributed by atoms with van der Waals surface area (Å²) in [7, 11) is 2.07. The topological polar surface area (TPSA) is 26.0 Å². The molecule has 0 amide bonds. The maximum atomic E-state index is 5.28. The lowest BCUT2D eigenvalue weighted by Crippen LogP contribution is -2.08. The van der Waals surface area contributed by atoms with Crippen molar-refractivity contribution in [3.8, 4) is 0 Å². The van der Waals surface area contributed by atoms with Crippen LogP contribution < -0.4 is 5.73 Å². The van der Waals surface area contributed by atoms with Crippen molar-refractivity contribution in [2.75, 3.05) is 0 Å². The Morgan fingerprint density at radius 3 is 2.20 bits per heavy atom. The predicted molar refractivity (Wildman–Crippen MR) is 35.3 cm³/mol. The molecule has 0 aliphatic rings. The fraction of sp³-hybridized carbons (Fsp3) is 1.00. The SMILES string of the molecule is BCC(N)I. The molecule has 0 aromatic carbocycles. The summed E-state index contributed by atoms with van der Waals surface area (Å²) in [6.07, 6.45) is 1.07. The van der Waals surface area contributed by atoms with Crippen LogP contribution in [0.25, 0.3) is 0 Å². The van der Waals surface area contributed by atoms with Gasteiger partial charge in [0, 0.05) is 4.05 Å². The van der Waals surface area contributed by atoms with Gasteiger partial charge in [-0.2, -0.15) is 0 Å². The Hall–Kier alpha value is 0.755. The first-order chi connectivity index (χ1) is 2.27. The standard InChI is InChI=1S/C2H7BIN/c3-1-2(4)5/h2H,1,3,5H2. The monoisotopic (exact) mass is 183 g/mol. The van der Waals surface area contributed by atoms with Crippen molar-refractivity contribution in [2.45, 2.75) is 10.4 Å². The van der Waals surface area contributed by atoms with Crippen molar-refractivity contribution in [1.82, 2.24) is 0 Å². The normalized spacial score (nSPS) is 14.8. The summed E-state index contributed by atoms with van der Waals surface area (Å²) in [4.78, 5) is 0. The van der Waals surface area contributed by atoms with E-state index < -0.39 is 0 Å². The van der Waals surface area contributed by atoms with Crippen LogP contribution in [-0.4, -0.2) is 11.9 Å². The van der Waals surface area contributed by atoms with Gasteiger partial charge in [-0.3, -0.25) is 0 Å². The van der Waals surface area contributed by atoms with Crippen molar-refractivity contribution >= 4 is 30.4 Å². The summed E-state index contributed by atoms with van der Waals surface area (Å²) in [5.41, 5.74) is 5.28. The van der Waals surface area contributed by atoms with Crippen LogP contribution in [0, 0.1) is 0 Å². The molecule has 0 saturated heterocycles. The molecule has 0 spiro atoms. The summed E-state index contributed by atoms with van der Waals surface area (Å²) in [5, 5.41) is 0. The Morgan fingerprint density at radius 1 is 2.00 bits per heavy atom. The average molecular weight is 183 g/mol. The van der Waals surface area contributed by atoms with Crippen LogP contribution in [0.15, 0.2) is 0 Å². The van der Waals surface area contributed by atoms with E-state index in [9.17, 15) is 0 Å². The van der Waals surface area contributed by atoms with E-state index in [2.05, 4.69) is 30.4 Å². The zero-order valence-electron chi connectivity index (χ0n) is 3.24. The minimum Gasteiger partial charge on any atom is -0.320 e. The van der Waals surface area contributed by atoms with Crippen molar-refractivity contribution in [1.29, 1.82) is 0 Å². The molecule has 1 unspecified atom stereocenters. The van der Waals surface area contributed by atoms with E-state index in [1.54, 1.807) is 0 Å². The van der Waals surface area contributed by atoms with Gasteiger partial charge in [0.05, 0.1) is 0 Å². The molecule has 0 bridgehead atoms. The van der Waals surface area contributed by atoms with Crippen LogP contribution in [0.2, 0.25) is 6.32 Å². The van der Waals surface area contributed by atoms with Crippen LogP contribution in [0.3, 0.4) is 0 Å². The Morgan fingerprint density at radius 2 is 2.20 bits per heavy atom. The van der Waals surface area contributed by atoms with Crippen molar-refractivity contribution < 1.29 is 0 Å². The van der Waals surface area contributed by atoms with Gasteiger partial charge in [-0.25, -0.2) is 0 Å². The minimum absolute atomic E-state index is 0.354. The van der Waals surface area contributed by atoms with Crippen LogP contribution in [-0.2, 0) is 0 Å². The van der Waals surface area contributed by atoms with E-state index in [1.165, 1.54) is 0 Å². The molecule has 1 atom stereocenters. The highest BCUT2D eigenvalue weighted by atomic mass is 127. The lowest BCUT2D eigenvalue weighted by atomic mass is 10.1. The number of alkyl halides is 1. The highest BCUT2D eigenvalue weighted by molar-refractivity contribution is 14.1. The second-order valence-corrected chi connectivity index (χ2v) is 2.52.